The molecule has 19 heavy (non-hydrogen) atoms. The molecule has 0 fully saturated rings. The molecule has 0 bridgehead atoms. The lowest BCUT2D eigenvalue weighted by molar-refractivity contribution is 0.490. The summed E-state index contributed by atoms with van der Waals surface area (Å²) < 4.78 is 53.2. The summed E-state index contributed by atoms with van der Waals surface area (Å²) in [6, 6.07) is 4.94. The third-order valence-corrected chi connectivity index (χ3v) is 3.77. The number of halogens is 6. The van der Waals surface area contributed by atoms with Crippen LogP contribution in [-0.4, -0.2) is 0 Å². The summed E-state index contributed by atoms with van der Waals surface area (Å²) in [5.41, 5.74) is -0.116. The van der Waals surface area contributed by atoms with Crippen LogP contribution in [0.2, 0.25) is 5.02 Å². The molecule has 6 heteroatoms. The van der Waals surface area contributed by atoms with Crippen LogP contribution in [0.1, 0.15) is 16.0 Å². The third kappa shape index (κ3) is 2.92. The Balaban J connectivity index is 2.49. The maximum Gasteiger partial charge on any atom is 0.161 e. The van der Waals surface area contributed by atoms with Crippen LogP contribution >= 0.6 is 27.5 Å². The third-order valence-electron chi connectivity index (χ3n) is 2.55. The van der Waals surface area contributed by atoms with Gasteiger partial charge in [-0.25, -0.2) is 17.6 Å². The highest BCUT2D eigenvalue weighted by atomic mass is 79.9. The van der Waals surface area contributed by atoms with Crippen LogP contribution in [0.5, 0.6) is 0 Å². The van der Waals surface area contributed by atoms with Gasteiger partial charge in [0.2, 0.25) is 0 Å². The zero-order valence-corrected chi connectivity index (χ0v) is 11.6. The van der Waals surface area contributed by atoms with E-state index >= 15 is 0 Å². The molecule has 2 aromatic carbocycles. The van der Waals surface area contributed by atoms with E-state index in [1.54, 1.807) is 0 Å². The molecular formula is C13H6BrClF4. The fourth-order valence-electron chi connectivity index (χ4n) is 1.61. The summed E-state index contributed by atoms with van der Waals surface area (Å²) in [4.78, 5) is -0.945. The van der Waals surface area contributed by atoms with Crippen LogP contribution in [0.25, 0.3) is 0 Å². The van der Waals surface area contributed by atoms with E-state index in [9.17, 15) is 17.6 Å². The van der Waals surface area contributed by atoms with E-state index in [1.807, 2.05) is 0 Å². The molecule has 0 N–H and O–H groups in total. The predicted octanol–water partition coefficient (Wildman–Crippen LogP) is 5.38. The molecule has 0 amide bonds. The number of rotatable bonds is 2. The van der Waals surface area contributed by atoms with Crippen molar-refractivity contribution in [1.82, 2.24) is 0 Å². The van der Waals surface area contributed by atoms with E-state index in [-0.39, 0.29) is 16.1 Å². The first-order chi connectivity index (χ1) is 8.90. The van der Waals surface area contributed by atoms with Gasteiger partial charge in [0.1, 0.15) is 11.6 Å². The van der Waals surface area contributed by atoms with Crippen molar-refractivity contribution < 1.29 is 17.6 Å². The monoisotopic (exact) mass is 352 g/mol. The van der Waals surface area contributed by atoms with E-state index in [0.717, 1.165) is 6.07 Å². The Bertz CT molecular complexity index is 630. The Kier molecular flexibility index (Phi) is 4.16. The van der Waals surface area contributed by atoms with Crippen molar-refractivity contribution in [2.45, 2.75) is 4.83 Å². The molecule has 0 nitrogen and oxygen atoms in total. The standard InChI is InChI=1S/C13H6BrClF4/c14-13(7-2-1-6(15)3-9(7)16)8-4-11(18)12(19)5-10(8)17/h1-5,13H. The van der Waals surface area contributed by atoms with Gasteiger partial charge in [-0.3, -0.25) is 0 Å². The quantitative estimate of drug-likeness (QED) is 0.386. The Hall–Kier alpha value is -1.07. The molecule has 0 heterocycles. The minimum atomic E-state index is -1.29. The van der Waals surface area contributed by atoms with Crippen molar-refractivity contribution in [3.05, 3.63) is 69.8 Å². The molecule has 2 aromatic rings. The lowest BCUT2D eigenvalue weighted by Crippen LogP contribution is -2.02. The summed E-state index contributed by atoms with van der Waals surface area (Å²) in [6.07, 6.45) is 0. The number of benzene rings is 2. The summed E-state index contributed by atoms with van der Waals surface area (Å²) in [5, 5.41) is 0.187. The van der Waals surface area contributed by atoms with Crippen molar-refractivity contribution in [2.75, 3.05) is 0 Å². The molecule has 0 aromatic heterocycles. The highest BCUT2D eigenvalue weighted by Gasteiger charge is 2.21. The van der Waals surface area contributed by atoms with Gasteiger partial charge in [0, 0.05) is 22.2 Å². The van der Waals surface area contributed by atoms with Crippen molar-refractivity contribution in [3.63, 3.8) is 0 Å². The van der Waals surface area contributed by atoms with Gasteiger partial charge in [0.25, 0.3) is 0 Å². The number of hydrogen-bond donors (Lipinski definition) is 0. The Morgan fingerprint density at radius 1 is 0.789 bits per heavy atom. The van der Waals surface area contributed by atoms with E-state index in [1.165, 1.54) is 12.1 Å². The topological polar surface area (TPSA) is 0 Å². The van der Waals surface area contributed by atoms with Gasteiger partial charge in [-0.05, 0) is 18.2 Å². The predicted molar refractivity (Wildman–Crippen MR) is 68.5 cm³/mol. The normalized spacial score (nSPS) is 12.5. The second-order valence-corrected chi connectivity index (χ2v) is 5.17. The lowest BCUT2D eigenvalue weighted by atomic mass is 10.0. The Morgan fingerprint density at radius 3 is 2.00 bits per heavy atom. The molecule has 0 spiro atoms. The maximum atomic E-state index is 13.7. The smallest absolute Gasteiger partial charge is 0.161 e. The zero-order chi connectivity index (χ0) is 14.2. The van der Waals surface area contributed by atoms with Gasteiger partial charge in [-0.15, -0.1) is 0 Å². The minimum Gasteiger partial charge on any atom is -0.207 e. The Morgan fingerprint density at radius 2 is 1.37 bits per heavy atom. The second kappa shape index (κ2) is 5.51. The van der Waals surface area contributed by atoms with Gasteiger partial charge in [0.15, 0.2) is 11.6 Å². The molecule has 0 aliphatic rings. The minimum absolute atomic E-state index is 0.0781. The average molecular weight is 354 g/mol. The Labute approximate surface area is 120 Å². The molecule has 0 saturated heterocycles. The van der Waals surface area contributed by atoms with Crippen LogP contribution in [0.3, 0.4) is 0 Å². The molecule has 0 saturated carbocycles. The molecule has 0 aliphatic carbocycles. The summed E-state index contributed by atoms with van der Waals surface area (Å²) in [6.45, 7) is 0. The van der Waals surface area contributed by atoms with Crippen LogP contribution in [0.4, 0.5) is 17.6 Å². The fraction of sp³-hybridized carbons (Fsp3) is 0.0769. The highest BCUT2D eigenvalue weighted by Crippen LogP contribution is 2.35. The van der Waals surface area contributed by atoms with Crippen molar-refractivity contribution >= 4 is 27.5 Å². The maximum absolute atomic E-state index is 13.7. The first-order valence-corrected chi connectivity index (χ1v) is 6.43. The summed E-state index contributed by atoms with van der Waals surface area (Å²) in [5.74, 6) is -4.12. The van der Waals surface area contributed by atoms with Gasteiger partial charge in [-0.1, -0.05) is 33.6 Å². The summed E-state index contributed by atoms with van der Waals surface area (Å²) in [7, 11) is 0. The van der Waals surface area contributed by atoms with Crippen molar-refractivity contribution in [2.24, 2.45) is 0 Å². The van der Waals surface area contributed by atoms with Crippen LogP contribution in [0.15, 0.2) is 30.3 Å². The van der Waals surface area contributed by atoms with E-state index in [0.29, 0.717) is 12.1 Å². The fourth-order valence-corrected chi connectivity index (χ4v) is 2.49. The molecule has 1 unspecified atom stereocenters. The first kappa shape index (κ1) is 14.3. The van der Waals surface area contributed by atoms with Crippen LogP contribution < -0.4 is 0 Å². The molecule has 2 rings (SSSR count). The lowest BCUT2D eigenvalue weighted by Gasteiger charge is -2.13. The number of alkyl halides is 1. The number of hydrogen-bond acceptors (Lipinski definition) is 0. The average Bonchev–Trinajstić information content (AvgIpc) is 2.33. The first-order valence-electron chi connectivity index (χ1n) is 5.13. The molecule has 1 atom stereocenters. The van der Waals surface area contributed by atoms with E-state index < -0.39 is 28.1 Å². The van der Waals surface area contributed by atoms with Crippen molar-refractivity contribution in [3.8, 4) is 0 Å². The van der Waals surface area contributed by atoms with Crippen molar-refractivity contribution in [1.29, 1.82) is 0 Å². The van der Waals surface area contributed by atoms with Crippen LogP contribution in [-0.2, 0) is 0 Å². The molecule has 0 radical (unpaired) electrons. The SMILES string of the molecule is Fc1cc(F)c(C(Br)c2ccc(Cl)cc2F)cc1F. The van der Waals surface area contributed by atoms with Gasteiger partial charge in [-0.2, -0.15) is 0 Å². The molecule has 0 aliphatic heterocycles. The molecule has 100 valence electrons. The van der Waals surface area contributed by atoms with Gasteiger partial charge < -0.3 is 0 Å². The van der Waals surface area contributed by atoms with Gasteiger partial charge in [0.05, 0.1) is 4.83 Å². The highest BCUT2D eigenvalue weighted by molar-refractivity contribution is 9.09. The summed E-state index contributed by atoms with van der Waals surface area (Å²) >= 11 is 8.67. The largest absolute Gasteiger partial charge is 0.207 e. The van der Waals surface area contributed by atoms with Gasteiger partial charge >= 0.3 is 0 Å². The van der Waals surface area contributed by atoms with E-state index in [4.69, 9.17) is 11.6 Å². The van der Waals surface area contributed by atoms with Crippen LogP contribution in [0, 0.1) is 23.3 Å². The molecular weight excluding hydrogens is 347 g/mol. The van der Waals surface area contributed by atoms with E-state index in [2.05, 4.69) is 15.9 Å². The zero-order valence-electron chi connectivity index (χ0n) is 9.23. The second-order valence-electron chi connectivity index (χ2n) is 3.82.